The smallest absolute Gasteiger partial charge is 0.320 e. The number of hydrogen-bond donors (Lipinski definition) is 4. The van der Waals surface area contributed by atoms with Crippen LogP contribution >= 0.6 is 0 Å². The maximum Gasteiger partial charge on any atom is 0.320 e. The predicted molar refractivity (Wildman–Crippen MR) is 81.9 cm³/mol. The number of benzene rings is 1. The summed E-state index contributed by atoms with van der Waals surface area (Å²) in [6, 6.07) is 6.51. The Morgan fingerprint density at radius 1 is 1.33 bits per heavy atom. The molecule has 0 saturated carbocycles. The van der Waals surface area contributed by atoms with Crippen LogP contribution in [0.1, 0.15) is 26.7 Å². The third kappa shape index (κ3) is 4.01. The van der Waals surface area contributed by atoms with Crippen molar-refractivity contribution in [2.75, 3.05) is 12.4 Å². The van der Waals surface area contributed by atoms with Crippen molar-refractivity contribution in [3.63, 3.8) is 0 Å². The summed E-state index contributed by atoms with van der Waals surface area (Å²) in [5.74, 6) is 0.687. The summed E-state index contributed by atoms with van der Waals surface area (Å²) < 4.78 is 5.05. The van der Waals surface area contributed by atoms with Gasteiger partial charge in [0.15, 0.2) is 5.84 Å². The Kier molecular flexibility index (Phi) is 5.83. The molecule has 2 amide bonds. The van der Waals surface area contributed by atoms with Crippen molar-refractivity contribution in [1.29, 1.82) is 0 Å². The van der Waals surface area contributed by atoms with Crippen molar-refractivity contribution >= 4 is 17.6 Å². The number of hydrogen-bond acceptors (Lipinski definition) is 4. The van der Waals surface area contributed by atoms with Gasteiger partial charge in [-0.05, 0) is 37.1 Å². The highest BCUT2D eigenvalue weighted by molar-refractivity contribution is 5.97. The molecule has 1 aromatic rings. The molecule has 1 aromatic carbocycles. The quantitative estimate of drug-likeness (QED) is 0.279. The highest BCUT2D eigenvalue weighted by Crippen LogP contribution is 2.17. The first kappa shape index (κ1) is 16.6. The minimum atomic E-state index is -0.870. The molecule has 0 heterocycles. The van der Waals surface area contributed by atoms with Gasteiger partial charge in [-0.25, -0.2) is 4.79 Å². The lowest BCUT2D eigenvalue weighted by Gasteiger charge is -2.31. The van der Waals surface area contributed by atoms with Crippen LogP contribution in [0.15, 0.2) is 29.4 Å². The highest BCUT2D eigenvalue weighted by Gasteiger charge is 2.33. The number of oxime groups is 1. The molecule has 7 heteroatoms. The molecule has 0 aliphatic carbocycles. The number of ether oxygens (including phenoxy) is 1. The Labute approximate surface area is 124 Å². The van der Waals surface area contributed by atoms with Crippen molar-refractivity contribution in [3.8, 4) is 5.75 Å². The molecular formula is C14H22N4O3. The summed E-state index contributed by atoms with van der Waals surface area (Å²) in [5.41, 5.74) is 5.44. The van der Waals surface area contributed by atoms with Crippen LogP contribution in [0.3, 0.4) is 0 Å². The third-order valence-electron chi connectivity index (χ3n) is 3.51. The normalized spacial score (nSPS) is 11.9. The Balaban J connectivity index is 2.78. The minimum absolute atomic E-state index is 0.0163. The molecule has 116 valence electrons. The first-order valence-corrected chi connectivity index (χ1v) is 6.72. The fourth-order valence-corrected chi connectivity index (χ4v) is 2.00. The molecule has 0 aliphatic rings. The number of amides is 2. The number of amidine groups is 1. The molecular weight excluding hydrogens is 272 g/mol. The number of nitrogens with zero attached hydrogens (tertiary/aromatic N) is 1. The third-order valence-corrected chi connectivity index (χ3v) is 3.51. The van der Waals surface area contributed by atoms with Gasteiger partial charge in [-0.1, -0.05) is 19.0 Å². The number of anilines is 1. The van der Waals surface area contributed by atoms with Gasteiger partial charge in [0.05, 0.1) is 7.11 Å². The van der Waals surface area contributed by atoms with Crippen molar-refractivity contribution < 1.29 is 14.7 Å². The fraction of sp³-hybridized carbons (Fsp3) is 0.429. The number of urea groups is 1. The molecule has 0 spiro atoms. The average Bonchev–Trinajstić information content (AvgIpc) is 2.52. The van der Waals surface area contributed by atoms with Gasteiger partial charge in [0.1, 0.15) is 11.3 Å². The number of rotatable bonds is 6. The van der Waals surface area contributed by atoms with Crippen molar-refractivity contribution in [1.82, 2.24) is 5.32 Å². The van der Waals surface area contributed by atoms with E-state index in [1.165, 1.54) is 0 Å². The molecule has 0 atom stereocenters. The number of nitrogens with two attached hydrogens (primary N) is 1. The first-order chi connectivity index (χ1) is 10.0. The predicted octanol–water partition coefficient (Wildman–Crippen LogP) is 2.12. The zero-order chi connectivity index (χ0) is 15.9. The summed E-state index contributed by atoms with van der Waals surface area (Å²) in [7, 11) is 1.57. The van der Waals surface area contributed by atoms with Gasteiger partial charge in [0.2, 0.25) is 0 Å². The summed E-state index contributed by atoms with van der Waals surface area (Å²) in [6.07, 6.45) is 1.02. The fourth-order valence-electron chi connectivity index (χ4n) is 2.00. The first-order valence-electron chi connectivity index (χ1n) is 6.72. The number of methoxy groups -OCH3 is 1. The van der Waals surface area contributed by atoms with Crippen LogP contribution < -0.4 is 21.1 Å². The van der Waals surface area contributed by atoms with E-state index < -0.39 is 11.6 Å². The van der Waals surface area contributed by atoms with Crippen molar-refractivity contribution in [2.45, 2.75) is 32.2 Å². The molecule has 0 aromatic heterocycles. The van der Waals surface area contributed by atoms with Crippen LogP contribution in [0.5, 0.6) is 5.75 Å². The SMILES string of the molecule is CCC(CC)(NC(=O)Nc1ccc(OC)cc1)/C(N)=N/O. The van der Waals surface area contributed by atoms with Crippen molar-refractivity contribution in [2.24, 2.45) is 10.9 Å². The van der Waals surface area contributed by atoms with E-state index in [4.69, 9.17) is 15.7 Å². The summed E-state index contributed by atoms with van der Waals surface area (Å²) in [5, 5.41) is 17.3. The molecule has 0 unspecified atom stereocenters. The molecule has 7 nitrogen and oxygen atoms in total. The van der Waals surface area contributed by atoms with Gasteiger partial charge in [0.25, 0.3) is 0 Å². The maximum absolute atomic E-state index is 12.1. The number of carbonyl (C=O) groups excluding carboxylic acids is 1. The molecule has 0 radical (unpaired) electrons. The average molecular weight is 294 g/mol. The second-order valence-electron chi connectivity index (χ2n) is 4.58. The lowest BCUT2D eigenvalue weighted by Crippen LogP contribution is -2.57. The molecule has 0 fully saturated rings. The van der Waals surface area contributed by atoms with E-state index in [1.54, 1.807) is 31.4 Å². The van der Waals surface area contributed by atoms with Crippen molar-refractivity contribution in [3.05, 3.63) is 24.3 Å². The Bertz CT molecular complexity index is 495. The van der Waals surface area contributed by atoms with E-state index in [2.05, 4.69) is 15.8 Å². The number of nitrogens with one attached hydrogen (secondary N) is 2. The standard InChI is InChI=1S/C14H22N4O3/c1-4-14(5-2,12(15)18-20)17-13(19)16-10-6-8-11(21-3)9-7-10/h6-9,20H,4-5H2,1-3H3,(H2,15,18)(H2,16,17,19). The van der Waals surface area contributed by atoms with Crippen LogP contribution in [-0.4, -0.2) is 29.7 Å². The number of carbonyl (C=O) groups is 1. The topological polar surface area (TPSA) is 109 Å². The lowest BCUT2D eigenvalue weighted by atomic mass is 9.91. The molecule has 1 rings (SSSR count). The minimum Gasteiger partial charge on any atom is -0.497 e. The van der Waals surface area contributed by atoms with Gasteiger partial charge in [0, 0.05) is 5.69 Å². The van der Waals surface area contributed by atoms with Gasteiger partial charge in [-0.2, -0.15) is 0 Å². The zero-order valence-electron chi connectivity index (χ0n) is 12.5. The van der Waals surface area contributed by atoms with E-state index in [0.29, 0.717) is 24.3 Å². The molecule has 5 N–H and O–H groups in total. The van der Waals surface area contributed by atoms with Crippen LogP contribution in [0.25, 0.3) is 0 Å². The van der Waals surface area contributed by atoms with E-state index >= 15 is 0 Å². The molecule has 0 bridgehead atoms. The van der Waals surface area contributed by atoms with Crippen LogP contribution in [0, 0.1) is 0 Å². The van der Waals surface area contributed by atoms with Gasteiger partial charge < -0.3 is 26.3 Å². The molecule has 0 saturated heterocycles. The largest absolute Gasteiger partial charge is 0.497 e. The lowest BCUT2D eigenvalue weighted by molar-refractivity contribution is 0.241. The van der Waals surface area contributed by atoms with E-state index in [0.717, 1.165) is 0 Å². The van der Waals surface area contributed by atoms with Gasteiger partial charge in [-0.3, -0.25) is 0 Å². The maximum atomic E-state index is 12.1. The molecule has 0 aliphatic heterocycles. The van der Waals surface area contributed by atoms with Crippen LogP contribution in [-0.2, 0) is 0 Å². The molecule has 21 heavy (non-hydrogen) atoms. The van der Waals surface area contributed by atoms with E-state index in [9.17, 15) is 4.79 Å². The second kappa shape index (κ2) is 7.37. The monoisotopic (exact) mass is 294 g/mol. The second-order valence-corrected chi connectivity index (χ2v) is 4.58. The summed E-state index contributed by atoms with van der Waals surface area (Å²) in [6.45, 7) is 3.71. The zero-order valence-corrected chi connectivity index (χ0v) is 12.5. The highest BCUT2D eigenvalue weighted by atomic mass is 16.5. The van der Waals surface area contributed by atoms with Crippen LogP contribution in [0.2, 0.25) is 0 Å². The van der Waals surface area contributed by atoms with E-state index in [1.807, 2.05) is 13.8 Å². The van der Waals surface area contributed by atoms with Gasteiger partial charge >= 0.3 is 6.03 Å². The van der Waals surface area contributed by atoms with Gasteiger partial charge in [-0.15, -0.1) is 0 Å². The summed E-state index contributed by atoms with van der Waals surface area (Å²) in [4.78, 5) is 12.1. The Hall–Kier alpha value is -2.44. The van der Waals surface area contributed by atoms with E-state index in [-0.39, 0.29) is 5.84 Å². The summed E-state index contributed by atoms with van der Waals surface area (Å²) >= 11 is 0. The Morgan fingerprint density at radius 3 is 2.33 bits per heavy atom. The van der Waals surface area contributed by atoms with Crippen LogP contribution in [0.4, 0.5) is 10.5 Å². The Morgan fingerprint density at radius 2 is 1.90 bits per heavy atom.